The quantitative estimate of drug-likeness (QED) is 0.680. The number of amides is 1. The van der Waals surface area contributed by atoms with Gasteiger partial charge in [0.05, 0.1) is 4.92 Å². The molecule has 1 heterocycles. The molecule has 1 N–H and O–H groups in total. The van der Waals surface area contributed by atoms with Crippen molar-refractivity contribution < 1.29 is 9.72 Å². The summed E-state index contributed by atoms with van der Waals surface area (Å²) in [6, 6.07) is 4.00. The summed E-state index contributed by atoms with van der Waals surface area (Å²) in [7, 11) is 2.05. The van der Waals surface area contributed by atoms with E-state index in [1.165, 1.54) is 18.2 Å². The summed E-state index contributed by atoms with van der Waals surface area (Å²) in [4.78, 5) is 24.3. The molecule has 0 aliphatic carbocycles. The van der Waals surface area contributed by atoms with E-state index >= 15 is 0 Å². The molecule has 1 atom stereocenters. The fourth-order valence-electron chi connectivity index (χ4n) is 2.33. The molecule has 1 aromatic rings. The van der Waals surface area contributed by atoms with Gasteiger partial charge in [-0.25, -0.2) is 0 Å². The fourth-order valence-corrected chi connectivity index (χ4v) is 2.58. The fraction of sp³-hybridized carbons (Fsp3) is 0.462. The Balaban J connectivity index is 1.95. The molecule has 7 heteroatoms. The molecule has 1 aliphatic heterocycles. The van der Waals surface area contributed by atoms with Crippen LogP contribution in [-0.2, 0) is 0 Å². The SMILES string of the molecule is CN1CCC(CNC(=O)c2ccc([N+](=O)[O-])c(Cl)c2)C1. The van der Waals surface area contributed by atoms with E-state index in [0.717, 1.165) is 19.5 Å². The lowest BCUT2D eigenvalue weighted by Gasteiger charge is -2.11. The number of nitrogens with one attached hydrogen (secondary N) is 1. The molecule has 1 saturated heterocycles. The highest BCUT2D eigenvalue weighted by Crippen LogP contribution is 2.25. The molecule has 2 rings (SSSR count). The van der Waals surface area contributed by atoms with Crippen molar-refractivity contribution in [2.24, 2.45) is 5.92 Å². The summed E-state index contributed by atoms with van der Waals surface area (Å²) in [6.07, 6.45) is 1.07. The lowest BCUT2D eigenvalue weighted by Crippen LogP contribution is -2.30. The van der Waals surface area contributed by atoms with Gasteiger partial charge < -0.3 is 10.2 Å². The molecule has 20 heavy (non-hydrogen) atoms. The predicted molar refractivity (Wildman–Crippen MR) is 76.0 cm³/mol. The molecule has 1 aromatic carbocycles. The van der Waals surface area contributed by atoms with Crippen LogP contribution in [0.4, 0.5) is 5.69 Å². The molecule has 0 bridgehead atoms. The maximum absolute atomic E-state index is 12.0. The molecule has 1 amide bonds. The Morgan fingerprint density at radius 1 is 1.60 bits per heavy atom. The highest BCUT2D eigenvalue weighted by Gasteiger charge is 2.20. The van der Waals surface area contributed by atoms with Gasteiger partial charge in [-0.05, 0) is 38.1 Å². The van der Waals surface area contributed by atoms with Crippen LogP contribution >= 0.6 is 11.6 Å². The van der Waals surface area contributed by atoms with Crippen molar-refractivity contribution in [3.8, 4) is 0 Å². The molecular weight excluding hydrogens is 282 g/mol. The van der Waals surface area contributed by atoms with Crippen molar-refractivity contribution in [1.29, 1.82) is 0 Å². The van der Waals surface area contributed by atoms with Gasteiger partial charge in [0.1, 0.15) is 5.02 Å². The lowest BCUT2D eigenvalue weighted by molar-refractivity contribution is -0.384. The zero-order valence-electron chi connectivity index (χ0n) is 11.1. The predicted octanol–water partition coefficient (Wildman–Crippen LogP) is 1.93. The molecule has 1 fully saturated rings. The minimum atomic E-state index is -0.571. The number of hydrogen-bond donors (Lipinski definition) is 1. The normalized spacial score (nSPS) is 19.0. The van der Waals surface area contributed by atoms with Crippen LogP contribution in [-0.4, -0.2) is 42.4 Å². The van der Waals surface area contributed by atoms with Crippen LogP contribution < -0.4 is 5.32 Å². The van der Waals surface area contributed by atoms with E-state index in [-0.39, 0.29) is 16.6 Å². The van der Waals surface area contributed by atoms with Crippen molar-refractivity contribution in [3.63, 3.8) is 0 Å². The summed E-state index contributed by atoms with van der Waals surface area (Å²) in [5, 5.41) is 13.5. The van der Waals surface area contributed by atoms with E-state index in [1.54, 1.807) is 0 Å². The van der Waals surface area contributed by atoms with Crippen LogP contribution in [0.15, 0.2) is 18.2 Å². The Kier molecular flexibility index (Phi) is 4.57. The number of nitro groups is 1. The summed E-state index contributed by atoms with van der Waals surface area (Å²) in [6.45, 7) is 2.63. The maximum atomic E-state index is 12.0. The first-order valence-electron chi connectivity index (χ1n) is 6.38. The third-order valence-electron chi connectivity index (χ3n) is 3.45. The van der Waals surface area contributed by atoms with E-state index in [4.69, 9.17) is 11.6 Å². The van der Waals surface area contributed by atoms with E-state index in [9.17, 15) is 14.9 Å². The van der Waals surface area contributed by atoms with Gasteiger partial charge in [-0.3, -0.25) is 14.9 Å². The summed E-state index contributed by atoms with van der Waals surface area (Å²) < 4.78 is 0. The summed E-state index contributed by atoms with van der Waals surface area (Å²) in [5.41, 5.74) is 0.146. The summed E-state index contributed by atoms with van der Waals surface area (Å²) >= 11 is 5.79. The average Bonchev–Trinajstić information content (AvgIpc) is 2.81. The van der Waals surface area contributed by atoms with Crippen LogP contribution in [0, 0.1) is 16.0 Å². The van der Waals surface area contributed by atoms with E-state index < -0.39 is 4.92 Å². The van der Waals surface area contributed by atoms with Crippen LogP contribution in [0.3, 0.4) is 0 Å². The minimum absolute atomic E-state index is 0.0248. The Labute approximate surface area is 121 Å². The highest BCUT2D eigenvalue weighted by molar-refractivity contribution is 6.33. The van der Waals surface area contributed by atoms with Gasteiger partial charge in [0.2, 0.25) is 0 Å². The van der Waals surface area contributed by atoms with Gasteiger partial charge in [-0.15, -0.1) is 0 Å². The average molecular weight is 298 g/mol. The van der Waals surface area contributed by atoms with Crippen molar-refractivity contribution >= 4 is 23.2 Å². The topological polar surface area (TPSA) is 75.5 Å². The molecule has 108 valence electrons. The Morgan fingerprint density at radius 3 is 2.90 bits per heavy atom. The first-order chi connectivity index (χ1) is 9.47. The van der Waals surface area contributed by atoms with Gasteiger partial charge in [0, 0.05) is 24.7 Å². The van der Waals surface area contributed by atoms with E-state index in [2.05, 4.69) is 17.3 Å². The van der Waals surface area contributed by atoms with E-state index in [1.807, 2.05) is 0 Å². The maximum Gasteiger partial charge on any atom is 0.287 e. The lowest BCUT2D eigenvalue weighted by atomic mass is 10.1. The number of nitro benzene ring substituents is 1. The number of likely N-dealkylation sites (tertiary alicyclic amines) is 1. The van der Waals surface area contributed by atoms with Gasteiger partial charge in [-0.2, -0.15) is 0 Å². The number of nitrogens with zero attached hydrogens (tertiary/aromatic N) is 2. The van der Waals surface area contributed by atoms with E-state index in [0.29, 0.717) is 18.0 Å². The van der Waals surface area contributed by atoms with Crippen LogP contribution in [0.1, 0.15) is 16.8 Å². The molecule has 0 radical (unpaired) electrons. The second kappa shape index (κ2) is 6.19. The largest absolute Gasteiger partial charge is 0.352 e. The van der Waals surface area contributed by atoms with Crippen molar-refractivity contribution in [2.45, 2.75) is 6.42 Å². The third-order valence-corrected chi connectivity index (χ3v) is 3.75. The second-order valence-electron chi connectivity index (χ2n) is 5.05. The van der Waals surface area contributed by atoms with Crippen molar-refractivity contribution in [3.05, 3.63) is 38.9 Å². The molecule has 1 unspecified atom stereocenters. The number of rotatable bonds is 4. The molecule has 0 spiro atoms. The van der Waals surface area contributed by atoms with Gasteiger partial charge in [0.25, 0.3) is 11.6 Å². The summed E-state index contributed by atoms with van der Waals surface area (Å²) in [5.74, 6) is 0.203. The monoisotopic (exact) mass is 297 g/mol. The third kappa shape index (κ3) is 3.46. The minimum Gasteiger partial charge on any atom is -0.352 e. The molecule has 0 aromatic heterocycles. The van der Waals surface area contributed by atoms with Crippen molar-refractivity contribution in [2.75, 3.05) is 26.7 Å². The number of hydrogen-bond acceptors (Lipinski definition) is 4. The van der Waals surface area contributed by atoms with Gasteiger partial charge >= 0.3 is 0 Å². The highest BCUT2D eigenvalue weighted by atomic mass is 35.5. The standard InChI is InChI=1S/C13H16ClN3O3/c1-16-5-4-9(8-16)7-15-13(18)10-2-3-12(17(19)20)11(14)6-10/h2-3,6,9H,4-5,7-8H2,1H3,(H,15,18). The molecule has 1 aliphatic rings. The first-order valence-corrected chi connectivity index (χ1v) is 6.76. The number of carbonyl (C=O) groups is 1. The number of benzene rings is 1. The smallest absolute Gasteiger partial charge is 0.287 e. The Morgan fingerprint density at radius 2 is 2.35 bits per heavy atom. The number of carbonyl (C=O) groups excluding carboxylic acids is 1. The first kappa shape index (κ1) is 14.7. The van der Waals surface area contributed by atoms with Crippen molar-refractivity contribution in [1.82, 2.24) is 10.2 Å². The van der Waals surface area contributed by atoms with Crippen LogP contribution in [0.5, 0.6) is 0 Å². The Hall–Kier alpha value is -1.66. The molecule has 6 nitrogen and oxygen atoms in total. The molecular formula is C13H16ClN3O3. The van der Waals surface area contributed by atoms with Crippen LogP contribution in [0.2, 0.25) is 5.02 Å². The second-order valence-corrected chi connectivity index (χ2v) is 5.46. The van der Waals surface area contributed by atoms with Gasteiger partial charge in [-0.1, -0.05) is 11.6 Å². The van der Waals surface area contributed by atoms with Gasteiger partial charge in [0.15, 0.2) is 0 Å². The zero-order valence-corrected chi connectivity index (χ0v) is 11.9. The zero-order chi connectivity index (χ0) is 14.7. The number of halogens is 1. The van der Waals surface area contributed by atoms with Crippen LogP contribution in [0.25, 0.3) is 0 Å². The Bertz CT molecular complexity index is 536. The molecule has 0 saturated carbocycles.